The first-order chi connectivity index (χ1) is 9.40. The lowest BCUT2D eigenvalue weighted by atomic mass is 9.98. The third kappa shape index (κ3) is 3.49. The molecule has 0 radical (unpaired) electrons. The van der Waals surface area contributed by atoms with Gasteiger partial charge in [0.05, 0.1) is 10.6 Å². The third-order valence-electron chi connectivity index (χ3n) is 3.20. The lowest BCUT2D eigenvalue weighted by Crippen LogP contribution is -2.07. The van der Waals surface area contributed by atoms with Crippen LogP contribution in [-0.2, 0) is 15.6 Å². The van der Waals surface area contributed by atoms with Gasteiger partial charge in [-0.3, -0.25) is 0 Å². The van der Waals surface area contributed by atoms with E-state index in [0.717, 1.165) is 15.6 Å². The van der Waals surface area contributed by atoms with Crippen molar-refractivity contribution >= 4 is 25.8 Å². The highest BCUT2D eigenvalue weighted by molar-refractivity contribution is 9.10. The van der Waals surface area contributed by atoms with Crippen molar-refractivity contribution < 1.29 is 8.42 Å². The fraction of sp³-hybridized carbons (Fsp3) is 0.250. The van der Waals surface area contributed by atoms with Crippen molar-refractivity contribution in [3.63, 3.8) is 0 Å². The summed E-state index contributed by atoms with van der Waals surface area (Å²) in [6.45, 7) is 4.15. The Kier molecular flexibility index (Phi) is 4.66. The molecule has 0 heterocycles. The standard InChI is InChI=1S/C16H17BrO2S/c1-12(2)16-6-4-3-5-13(16)11-20(18,19)15-9-7-14(17)8-10-15/h3-10,12H,11H2,1-2H3. The minimum atomic E-state index is -3.31. The van der Waals surface area contributed by atoms with Crippen LogP contribution in [0.3, 0.4) is 0 Å². The number of hydrogen-bond acceptors (Lipinski definition) is 2. The van der Waals surface area contributed by atoms with E-state index in [1.165, 1.54) is 0 Å². The summed E-state index contributed by atoms with van der Waals surface area (Å²) in [5.41, 5.74) is 1.97. The van der Waals surface area contributed by atoms with E-state index in [1.54, 1.807) is 24.3 Å². The average Bonchev–Trinajstić information content (AvgIpc) is 2.39. The Morgan fingerprint density at radius 3 is 2.20 bits per heavy atom. The molecule has 2 aromatic rings. The molecule has 2 rings (SSSR count). The van der Waals surface area contributed by atoms with Crippen LogP contribution in [-0.4, -0.2) is 8.42 Å². The predicted molar refractivity (Wildman–Crippen MR) is 85.6 cm³/mol. The highest BCUT2D eigenvalue weighted by atomic mass is 79.9. The van der Waals surface area contributed by atoms with Gasteiger partial charge in [-0.1, -0.05) is 54.0 Å². The van der Waals surface area contributed by atoms with E-state index in [9.17, 15) is 8.42 Å². The van der Waals surface area contributed by atoms with Crippen LogP contribution in [0.25, 0.3) is 0 Å². The van der Waals surface area contributed by atoms with E-state index in [0.29, 0.717) is 10.8 Å². The Morgan fingerprint density at radius 1 is 1.00 bits per heavy atom. The van der Waals surface area contributed by atoms with Crippen LogP contribution in [0.4, 0.5) is 0 Å². The number of halogens is 1. The van der Waals surface area contributed by atoms with E-state index < -0.39 is 9.84 Å². The van der Waals surface area contributed by atoms with E-state index >= 15 is 0 Å². The van der Waals surface area contributed by atoms with Gasteiger partial charge < -0.3 is 0 Å². The summed E-state index contributed by atoms with van der Waals surface area (Å²) in [6.07, 6.45) is 0. The van der Waals surface area contributed by atoms with Crippen LogP contribution in [0.1, 0.15) is 30.9 Å². The largest absolute Gasteiger partial charge is 0.223 e. The van der Waals surface area contributed by atoms with Crippen LogP contribution in [0.5, 0.6) is 0 Å². The topological polar surface area (TPSA) is 34.1 Å². The van der Waals surface area contributed by atoms with E-state index in [1.807, 2.05) is 24.3 Å². The summed E-state index contributed by atoms with van der Waals surface area (Å²) in [4.78, 5) is 0.360. The zero-order valence-corrected chi connectivity index (χ0v) is 13.9. The molecule has 0 aliphatic heterocycles. The molecule has 0 atom stereocenters. The maximum absolute atomic E-state index is 12.5. The van der Waals surface area contributed by atoms with Crippen molar-refractivity contribution in [1.82, 2.24) is 0 Å². The molecule has 20 heavy (non-hydrogen) atoms. The van der Waals surface area contributed by atoms with Gasteiger partial charge in [0.1, 0.15) is 0 Å². The van der Waals surface area contributed by atoms with Crippen LogP contribution < -0.4 is 0 Å². The smallest absolute Gasteiger partial charge is 0.182 e. The Balaban J connectivity index is 2.36. The molecule has 2 aromatic carbocycles. The molecule has 0 bridgehead atoms. The third-order valence-corrected chi connectivity index (χ3v) is 5.41. The zero-order valence-electron chi connectivity index (χ0n) is 11.5. The molecular formula is C16H17BrO2S. The normalized spacial score (nSPS) is 11.8. The lowest BCUT2D eigenvalue weighted by molar-refractivity contribution is 0.595. The molecule has 0 aliphatic carbocycles. The van der Waals surface area contributed by atoms with Crippen LogP contribution in [0, 0.1) is 0 Å². The quantitative estimate of drug-likeness (QED) is 0.808. The Hall–Kier alpha value is -1.13. The molecule has 0 aliphatic rings. The highest BCUT2D eigenvalue weighted by Crippen LogP contribution is 2.24. The van der Waals surface area contributed by atoms with Crippen molar-refractivity contribution in [1.29, 1.82) is 0 Å². The van der Waals surface area contributed by atoms with Gasteiger partial charge in [0, 0.05) is 4.47 Å². The van der Waals surface area contributed by atoms with Crippen molar-refractivity contribution in [2.45, 2.75) is 30.4 Å². The number of rotatable bonds is 4. The fourth-order valence-corrected chi connectivity index (χ4v) is 3.81. The highest BCUT2D eigenvalue weighted by Gasteiger charge is 2.17. The first-order valence-electron chi connectivity index (χ1n) is 6.46. The van der Waals surface area contributed by atoms with Gasteiger partial charge in [-0.05, 0) is 41.3 Å². The van der Waals surface area contributed by atoms with Crippen molar-refractivity contribution in [3.8, 4) is 0 Å². The molecule has 2 nitrogen and oxygen atoms in total. The maximum Gasteiger partial charge on any atom is 0.182 e. The van der Waals surface area contributed by atoms with Gasteiger partial charge in [-0.2, -0.15) is 0 Å². The van der Waals surface area contributed by atoms with Gasteiger partial charge in [0.25, 0.3) is 0 Å². The lowest BCUT2D eigenvalue weighted by Gasteiger charge is -2.13. The van der Waals surface area contributed by atoms with Crippen molar-refractivity contribution in [2.24, 2.45) is 0 Å². The van der Waals surface area contributed by atoms with Crippen molar-refractivity contribution in [2.75, 3.05) is 0 Å². The van der Waals surface area contributed by atoms with Gasteiger partial charge in [-0.15, -0.1) is 0 Å². The summed E-state index contributed by atoms with van der Waals surface area (Å²) in [5.74, 6) is 0.356. The van der Waals surface area contributed by atoms with E-state index in [2.05, 4.69) is 29.8 Å². The Bertz CT molecular complexity index is 689. The molecule has 0 saturated heterocycles. The van der Waals surface area contributed by atoms with Gasteiger partial charge >= 0.3 is 0 Å². The summed E-state index contributed by atoms with van der Waals surface area (Å²) < 4.78 is 25.8. The minimum absolute atomic E-state index is 0.0446. The molecule has 0 saturated carbocycles. The zero-order chi connectivity index (χ0) is 14.8. The fourth-order valence-electron chi connectivity index (χ4n) is 2.16. The maximum atomic E-state index is 12.5. The van der Waals surface area contributed by atoms with Gasteiger partial charge in [-0.25, -0.2) is 8.42 Å². The summed E-state index contributed by atoms with van der Waals surface area (Å²) >= 11 is 3.31. The molecular weight excluding hydrogens is 336 g/mol. The first-order valence-corrected chi connectivity index (χ1v) is 8.91. The SMILES string of the molecule is CC(C)c1ccccc1CS(=O)(=O)c1ccc(Br)cc1. The number of hydrogen-bond donors (Lipinski definition) is 0. The molecule has 0 aromatic heterocycles. The first kappa shape index (κ1) is 15.3. The molecule has 106 valence electrons. The average molecular weight is 353 g/mol. The summed E-state index contributed by atoms with van der Waals surface area (Å²) in [5, 5.41) is 0. The monoisotopic (exact) mass is 352 g/mol. The second-order valence-electron chi connectivity index (χ2n) is 5.07. The molecule has 0 unspecified atom stereocenters. The molecule has 0 amide bonds. The van der Waals surface area contributed by atoms with E-state index in [4.69, 9.17) is 0 Å². The Labute approximate surface area is 128 Å². The molecule has 0 N–H and O–H groups in total. The molecule has 0 fully saturated rings. The number of benzene rings is 2. The van der Waals surface area contributed by atoms with Crippen LogP contribution in [0.15, 0.2) is 57.9 Å². The Morgan fingerprint density at radius 2 is 1.60 bits per heavy atom. The molecule has 4 heteroatoms. The molecule has 0 spiro atoms. The van der Waals surface area contributed by atoms with Crippen molar-refractivity contribution in [3.05, 3.63) is 64.1 Å². The predicted octanol–water partition coefficient (Wildman–Crippen LogP) is 4.55. The van der Waals surface area contributed by atoms with Crippen LogP contribution in [0.2, 0.25) is 0 Å². The number of sulfone groups is 1. The second kappa shape index (κ2) is 6.10. The van der Waals surface area contributed by atoms with Crippen LogP contribution >= 0.6 is 15.9 Å². The van der Waals surface area contributed by atoms with Gasteiger partial charge in [0.15, 0.2) is 9.84 Å². The minimum Gasteiger partial charge on any atom is -0.223 e. The van der Waals surface area contributed by atoms with Gasteiger partial charge in [0.2, 0.25) is 0 Å². The second-order valence-corrected chi connectivity index (χ2v) is 7.97. The summed E-state index contributed by atoms with van der Waals surface area (Å²) in [7, 11) is -3.31. The van der Waals surface area contributed by atoms with E-state index in [-0.39, 0.29) is 5.75 Å². The summed E-state index contributed by atoms with van der Waals surface area (Å²) in [6, 6.07) is 14.5.